The molecular formula is C25H26N4O2S2. The van der Waals surface area contributed by atoms with Crippen LogP contribution in [0.4, 0.5) is 5.82 Å². The minimum Gasteiger partial charge on any atom is -0.353 e. The Morgan fingerprint density at radius 3 is 2.61 bits per heavy atom. The van der Waals surface area contributed by atoms with Gasteiger partial charge in [0, 0.05) is 31.1 Å². The lowest BCUT2D eigenvalue weighted by atomic mass is 9.89. The van der Waals surface area contributed by atoms with Crippen molar-refractivity contribution in [1.82, 2.24) is 14.3 Å². The van der Waals surface area contributed by atoms with Crippen LogP contribution in [0.25, 0.3) is 21.0 Å². The first-order chi connectivity index (χ1) is 16.0. The van der Waals surface area contributed by atoms with Gasteiger partial charge in [0.05, 0.1) is 10.3 Å². The van der Waals surface area contributed by atoms with Gasteiger partial charge in [-0.05, 0) is 53.6 Å². The number of rotatable bonds is 3. The van der Waals surface area contributed by atoms with Crippen LogP contribution in [0.3, 0.4) is 0 Å². The molecule has 0 radical (unpaired) electrons. The van der Waals surface area contributed by atoms with Gasteiger partial charge in [0.25, 0.3) is 0 Å². The summed E-state index contributed by atoms with van der Waals surface area (Å²) >= 11 is 1.80. The summed E-state index contributed by atoms with van der Waals surface area (Å²) in [5.41, 5.74) is 1.41. The fourth-order valence-corrected chi connectivity index (χ4v) is 7.92. The Bertz CT molecular complexity index is 1460. The molecule has 0 bridgehead atoms. The zero-order valence-electron chi connectivity index (χ0n) is 18.6. The third-order valence-electron chi connectivity index (χ3n) is 6.97. The monoisotopic (exact) mass is 478 g/mol. The van der Waals surface area contributed by atoms with Crippen LogP contribution >= 0.6 is 11.3 Å². The van der Waals surface area contributed by atoms with Crippen molar-refractivity contribution in [3.8, 4) is 0 Å². The molecule has 2 aromatic heterocycles. The number of hydrogen-bond donors (Lipinski definition) is 0. The summed E-state index contributed by atoms with van der Waals surface area (Å²) in [5, 5.41) is 3.18. The number of aryl methyl sites for hydroxylation is 1. The van der Waals surface area contributed by atoms with Crippen LogP contribution in [0.1, 0.15) is 23.8 Å². The second kappa shape index (κ2) is 8.04. The van der Waals surface area contributed by atoms with E-state index in [0.29, 0.717) is 37.0 Å². The minimum absolute atomic E-state index is 0.361. The smallest absolute Gasteiger partial charge is 0.243 e. The lowest BCUT2D eigenvalue weighted by Gasteiger charge is -2.35. The molecule has 1 saturated heterocycles. The zero-order chi connectivity index (χ0) is 22.6. The molecule has 1 aliphatic carbocycles. The van der Waals surface area contributed by atoms with E-state index >= 15 is 0 Å². The summed E-state index contributed by atoms with van der Waals surface area (Å²) in [4.78, 5) is 14.3. The summed E-state index contributed by atoms with van der Waals surface area (Å²) in [7, 11) is -3.54. The van der Waals surface area contributed by atoms with Crippen LogP contribution in [0.2, 0.25) is 0 Å². The van der Waals surface area contributed by atoms with Crippen LogP contribution in [0, 0.1) is 5.92 Å². The van der Waals surface area contributed by atoms with Crippen LogP contribution in [-0.4, -0.2) is 48.9 Å². The Hall–Kier alpha value is -2.55. The molecule has 6 rings (SSSR count). The number of aromatic nitrogens is 2. The fourth-order valence-electron chi connectivity index (χ4n) is 5.12. The molecule has 0 saturated carbocycles. The molecule has 2 aliphatic rings. The van der Waals surface area contributed by atoms with E-state index in [1.165, 1.54) is 22.2 Å². The van der Waals surface area contributed by atoms with E-state index in [1.54, 1.807) is 34.1 Å². The molecule has 1 aliphatic heterocycles. The number of fused-ring (bicyclic) bond motifs is 4. The van der Waals surface area contributed by atoms with Gasteiger partial charge in [-0.1, -0.05) is 37.3 Å². The highest BCUT2D eigenvalue weighted by Crippen LogP contribution is 2.40. The minimum atomic E-state index is -3.54. The third-order valence-corrected chi connectivity index (χ3v) is 10.0. The van der Waals surface area contributed by atoms with Crippen molar-refractivity contribution in [1.29, 1.82) is 0 Å². The van der Waals surface area contributed by atoms with Gasteiger partial charge in [0.15, 0.2) is 0 Å². The summed E-state index contributed by atoms with van der Waals surface area (Å²) in [6, 6.07) is 13.2. The number of nitrogens with zero attached hydrogens (tertiary/aromatic N) is 4. The van der Waals surface area contributed by atoms with Gasteiger partial charge in [-0.2, -0.15) is 4.31 Å². The average Bonchev–Trinajstić information content (AvgIpc) is 3.21. The highest BCUT2D eigenvalue weighted by Gasteiger charge is 2.31. The number of hydrogen-bond acceptors (Lipinski definition) is 6. The van der Waals surface area contributed by atoms with Crippen LogP contribution in [-0.2, 0) is 22.9 Å². The molecule has 0 amide bonds. The zero-order valence-corrected chi connectivity index (χ0v) is 20.2. The second-order valence-corrected chi connectivity index (χ2v) is 12.2. The Morgan fingerprint density at radius 1 is 1.00 bits per heavy atom. The number of piperazine rings is 1. The first-order valence-electron chi connectivity index (χ1n) is 11.5. The van der Waals surface area contributed by atoms with E-state index in [0.717, 1.165) is 34.3 Å². The molecule has 1 atom stereocenters. The van der Waals surface area contributed by atoms with Crippen LogP contribution in [0.15, 0.2) is 53.7 Å². The molecule has 1 unspecified atom stereocenters. The SMILES string of the molecule is CC1CCc2c(sc3ncnc(N4CCN(S(=O)(=O)c5ccc6ccccc6c5)CC4)c23)C1. The van der Waals surface area contributed by atoms with Crippen molar-refractivity contribution in [3.05, 3.63) is 59.2 Å². The van der Waals surface area contributed by atoms with Crippen molar-refractivity contribution in [2.45, 2.75) is 31.1 Å². The van der Waals surface area contributed by atoms with Gasteiger partial charge >= 0.3 is 0 Å². The van der Waals surface area contributed by atoms with Crippen molar-refractivity contribution in [3.63, 3.8) is 0 Å². The highest BCUT2D eigenvalue weighted by atomic mass is 32.2. The first-order valence-corrected chi connectivity index (χ1v) is 13.8. The lowest BCUT2D eigenvalue weighted by molar-refractivity contribution is 0.384. The average molecular weight is 479 g/mol. The van der Waals surface area contributed by atoms with Crippen molar-refractivity contribution < 1.29 is 8.42 Å². The molecule has 2 aromatic carbocycles. The van der Waals surface area contributed by atoms with E-state index in [4.69, 9.17) is 0 Å². The first kappa shape index (κ1) is 21.0. The molecule has 170 valence electrons. The Labute approximate surface area is 197 Å². The quantitative estimate of drug-likeness (QED) is 0.434. The second-order valence-electron chi connectivity index (χ2n) is 9.13. The van der Waals surface area contributed by atoms with Crippen LogP contribution in [0.5, 0.6) is 0 Å². The third kappa shape index (κ3) is 3.61. The predicted octanol–water partition coefficient (Wildman–Crippen LogP) is 4.48. The van der Waals surface area contributed by atoms with Gasteiger partial charge in [-0.25, -0.2) is 18.4 Å². The van der Waals surface area contributed by atoms with E-state index < -0.39 is 10.0 Å². The molecule has 3 heterocycles. The Balaban J connectivity index is 1.26. The summed E-state index contributed by atoms with van der Waals surface area (Å²) in [6.07, 6.45) is 5.05. The van der Waals surface area contributed by atoms with E-state index in [9.17, 15) is 8.42 Å². The van der Waals surface area contributed by atoms with Gasteiger partial charge in [-0.3, -0.25) is 0 Å². The Morgan fingerprint density at radius 2 is 1.79 bits per heavy atom. The number of thiophene rings is 1. The maximum atomic E-state index is 13.4. The van der Waals surface area contributed by atoms with E-state index in [1.807, 2.05) is 30.3 Å². The summed E-state index contributed by atoms with van der Waals surface area (Å²) in [5.74, 6) is 1.68. The number of anilines is 1. The molecular weight excluding hydrogens is 452 g/mol. The van der Waals surface area contributed by atoms with Gasteiger partial charge in [-0.15, -0.1) is 11.3 Å². The molecule has 0 N–H and O–H groups in total. The van der Waals surface area contributed by atoms with Gasteiger partial charge < -0.3 is 4.90 Å². The standard InChI is InChI=1S/C25H26N4O2S2/c1-17-6-9-21-22(14-17)32-25-23(21)24(26-16-27-25)28-10-12-29(13-11-28)33(30,31)20-8-7-18-4-2-3-5-19(18)15-20/h2-5,7-8,15-17H,6,9-14H2,1H3. The maximum absolute atomic E-state index is 13.4. The van der Waals surface area contributed by atoms with Crippen molar-refractivity contribution >= 4 is 48.2 Å². The van der Waals surface area contributed by atoms with Gasteiger partial charge in [0.1, 0.15) is 17.0 Å². The molecule has 0 spiro atoms. The van der Waals surface area contributed by atoms with Crippen molar-refractivity contribution in [2.75, 3.05) is 31.1 Å². The largest absolute Gasteiger partial charge is 0.353 e. The summed E-state index contributed by atoms with van der Waals surface area (Å²) in [6.45, 7) is 4.46. The Kier molecular flexibility index (Phi) is 5.12. The van der Waals surface area contributed by atoms with E-state index in [2.05, 4.69) is 21.8 Å². The molecule has 6 nitrogen and oxygen atoms in total. The molecule has 1 fully saturated rings. The van der Waals surface area contributed by atoms with Gasteiger partial charge in [0.2, 0.25) is 10.0 Å². The van der Waals surface area contributed by atoms with Crippen molar-refractivity contribution in [2.24, 2.45) is 5.92 Å². The lowest BCUT2D eigenvalue weighted by Crippen LogP contribution is -2.49. The van der Waals surface area contributed by atoms with E-state index in [-0.39, 0.29) is 0 Å². The molecule has 33 heavy (non-hydrogen) atoms. The number of benzene rings is 2. The normalized spacial score (nSPS) is 19.8. The maximum Gasteiger partial charge on any atom is 0.243 e. The molecule has 8 heteroatoms. The molecule has 4 aromatic rings. The predicted molar refractivity (Wildman–Crippen MR) is 134 cm³/mol. The van der Waals surface area contributed by atoms with Crippen LogP contribution < -0.4 is 4.90 Å². The number of sulfonamides is 1. The fraction of sp³-hybridized carbons (Fsp3) is 0.360. The topological polar surface area (TPSA) is 66.4 Å². The highest BCUT2D eigenvalue weighted by molar-refractivity contribution is 7.89. The summed E-state index contributed by atoms with van der Waals surface area (Å²) < 4.78 is 28.3.